The van der Waals surface area contributed by atoms with Crippen molar-refractivity contribution in [1.82, 2.24) is 4.72 Å². The van der Waals surface area contributed by atoms with Crippen LogP contribution in [-0.2, 0) is 10.0 Å². The quantitative estimate of drug-likeness (QED) is 0.735. The van der Waals surface area contributed by atoms with Gasteiger partial charge in [-0.1, -0.05) is 42.1 Å². The van der Waals surface area contributed by atoms with E-state index >= 15 is 0 Å². The highest BCUT2D eigenvalue weighted by Crippen LogP contribution is 2.39. The SMILES string of the molecule is CCCCS(=O)(=O)NCC1(CBr)CCCC1. The van der Waals surface area contributed by atoms with Crippen LogP contribution in [0.1, 0.15) is 45.4 Å². The van der Waals surface area contributed by atoms with Crippen LogP contribution in [0.3, 0.4) is 0 Å². The van der Waals surface area contributed by atoms with Crippen molar-refractivity contribution in [1.29, 1.82) is 0 Å². The summed E-state index contributed by atoms with van der Waals surface area (Å²) in [7, 11) is -3.05. The van der Waals surface area contributed by atoms with E-state index < -0.39 is 10.0 Å². The third-order valence-corrected chi connectivity index (χ3v) is 5.98. The normalized spacial score (nSPS) is 20.1. The van der Waals surface area contributed by atoms with E-state index in [4.69, 9.17) is 0 Å². The van der Waals surface area contributed by atoms with Gasteiger partial charge in [0, 0.05) is 11.9 Å². The van der Waals surface area contributed by atoms with E-state index in [2.05, 4.69) is 20.7 Å². The van der Waals surface area contributed by atoms with Crippen LogP contribution < -0.4 is 4.72 Å². The van der Waals surface area contributed by atoms with Crippen LogP contribution in [-0.4, -0.2) is 26.0 Å². The molecule has 0 aliphatic heterocycles. The molecule has 1 fully saturated rings. The maximum Gasteiger partial charge on any atom is 0.211 e. The van der Waals surface area contributed by atoms with E-state index in [9.17, 15) is 8.42 Å². The standard InChI is InChI=1S/C11H22BrNO2S/c1-2-3-8-16(14,15)13-10-11(9-12)6-4-5-7-11/h13H,2-10H2,1H3. The maximum absolute atomic E-state index is 11.7. The largest absolute Gasteiger partial charge is 0.215 e. The average molecular weight is 312 g/mol. The minimum Gasteiger partial charge on any atom is -0.215 e. The van der Waals surface area contributed by atoms with Crippen molar-refractivity contribution in [3.63, 3.8) is 0 Å². The Labute approximate surface area is 108 Å². The van der Waals surface area contributed by atoms with Gasteiger partial charge in [0.1, 0.15) is 0 Å². The highest BCUT2D eigenvalue weighted by atomic mass is 79.9. The third-order valence-electron chi connectivity index (χ3n) is 3.38. The number of sulfonamides is 1. The van der Waals surface area contributed by atoms with Crippen LogP contribution in [0.2, 0.25) is 0 Å². The number of hydrogen-bond donors (Lipinski definition) is 1. The molecule has 0 aromatic carbocycles. The molecule has 0 unspecified atom stereocenters. The lowest BCUT2D eigenvalue weighted by atomic mass is 9.89. The second-order valence-electron chi connectivity index (χ2n) is 4.83. The van der Waals surface area contributed by atoms with Crippen molar-refractivity contribution in [2.75, 3.05) is 17.6 Å². The Morgan fingerprint density at radius 3 is 2.44 bits per heavy atom. The van der Waals surface area contributed by atoms with Gasteiger partial charge in [0.05, 0.1) is 5.75 Å². The minimum atomic E-state index is -3.05. The van der Waals surface area contributed by atoms with Crippen LogP contribution >= 0.6 is 15.9 Å². The second kappa shape index (κ2) is 6.36. The molecule has 0 amide bonds. The molecular weight excluding hydrogens is 290 g/mol. The lowest BCUT2D eigenvalue weighted by Gasteiger charge is -2.26. The van der Waals surface area contributed by atoms with Crippen molar-refractivity contribution < 1.29 is 8.42 Å². The highest BCUT2D eigenvalue weighted by Gasteiger charge is 2.33. The van der Waals surface area contributed by atoms with E-state index in [-0.39, 0.29) is 11.2 Å². The van der Waals surface area contributed by atoms with Gasteiger partial charge in [0.15, 0.2) is 0 Å². The fourth-order valence-electron chi connectivity index (χ4n) is 2.15. The first-order valence-corrected chi connectivity index (χ1v) is 8.84. The van der Waals surface area contributed by atoms with E-state index in [1.807, 2.05) is 6.92 Å². The molecule has 1 saturated carbocycles. The lowest BCUT2D eigenvalue weighted by molar-refractivity contribution is 0.347. The van der Waals surface area contributed by atoms with Crippen LogP contribution in [0.5, 0.6) is 0 Å². The molecule has 1 aliphatic rings. The van der Waals surface area contributed by atoms with Gasteiger partial charge >= 0.3 is 0 Å². The van der Waals surface area contributed by atoms with Gasteiger partial charge in [0.2, 0.25) is 10.0 Å². The molecule has 0 saturated heterocycles. The Morgan fingerprint density at radius 1 is 1.31 bits per heavy atom. The van der Waals surface area contributed by atoms with E-state index in [0.717, 1.165) is 31.0 Å². The van der Waals surface area contributed by atoms with Gasteiger partial charge in [-0.3, -0.25) is 0 Å². The summed E-state index contributed by atoms with van der Waals surface area (Å²) >= 11 is 3.52. The first-order chi connectivity index (χ1) is 7.54. The summed E-state index contributed by atoms with van der Waals surface area (Å²) in [5.41, 5.74) is 0.166. The molecule has 0 atom stereocenters. The molecule has 96 valence electrons. The Hall–Kier alpha value is 0.390. The summed E-state index contributed by atoms with van der Waals surface area (Å²) < 4.78 is 26.1. The van der Waals surface area contributed by atoms with Gasteiger partial charge in [-0.15, -0.1) is 0 Å². The van der Waals surface area contributed by atoms with Crippen LogP contribution in [0, 0.1) is 5.41 Å². The van der Waals surface area contributed by atoms with Crippen molar-refractivity contribution in [3.05, 3.63) is 0 Å². The molecule has 0 bridgehead atoms. The summed E-state index contributed by atoms with van der Waals surface area (Å²) in [5.74, 6) is 0.266. The predicted molar refractivity (Wildman–Crippen MR) is 71.4 cm³/mol. The van der Waals surface area contributed by atoms with Crippen LogP contribution in [0.25, 0.3) is 0 Å². The van der Waals surface area contributed by atoms with Gasteiger partial charge in [-0.2, -0.15) is 0 Å². The Kier molecular flexibility index (Phi) is 5.74. The van der Waals surface area contributed by atoms with Gasteiger partial charge in [-0.25, -0.2) is 13.1 Å². The number of alkyl halides is 1. The summed E-state index contributed by atoms with van der Waals surface area (Å²) in [6.07, 6.45) is 6.38. The number of halogens is 1. The van der Waals surface area contributed by atoms with Crippen molar-refractivity contribution in [2.45, 2.75) is 45.4 Å². The molecule has 0 aromatic heterocycles. The summed E-state index contributed by atoms with van der Waals surface area (Å²) in [4.78, 5) is 0. The first-order valence-electron chi connectivity index (χ1n) is 6.07. The van der Waals surface area contributed by atoms with Gasteiger partial charge in [-0.05, 0) is 24.7 Å². The van der Waals surface area contributed by atoms with Crippen LogP contribution in [0.4, 0.5) is 0 Å². The lowest BCUT2D eigenvalue weighted by Crippen LogP contribution is -2.38. The fraction of sp³-hybridized carbons (Fsp3) is 1.00. The fourth-order valence-corrected chi connectivity index (χ4v) is 4.25. The minimum absolute atomic E-state index is 0.166. The number of hydrogen-bond acceptors (Lipinski definition) is 2. The van der Waals surface area contributed by atoms with Crippen molar-refractivity contribution >= 4 is 26.0 Å². The topological polar surface area (TPSA) is 46.2 Å². The smallest absolute Gasteiger partial charge is 0.211 e. The number of nitrogens with one attached hydrogen (secondary N) is 1. The zero-order valence-corrected chi connectivity index (χ0v) is 12.4. The van der Waals surface area contributed by atoms with E-state index in [1.165, 1.54) is 12.8 Å². The molecule has 3 nitrogen and oxygen atoms in total. The summed E-state index contributed by atoms with van der Waals surface area (Å²) in [6, 6.07) is 0. The Morgan fingerprint density at radius 2 is 1.94 bits per heavy atom. The summed E-state index contributed by atoms with van der Waals surface area (Å²) in [5, 5.41) is 0.899. The molecular formula is C11H22BrNO2S. The Bertz CT molecular complexity index is 297. The molecule has 1 N–H and O–H groups in total. The third kappa shape index (κ3) is 4.34. The molecule has 1 aliphatic carbocycles. The maximum atomic E-state index is 11.7. The monoisotopic (exact) mass is 311 g/mol. The second-order valence-corrected chi connectivity index (χ2v) is 7.32. The van der Waals surface area contributed by atoms with Gasteiger partial charge in [0.25, 0.3) is 0 Å². The molecule has 0 spiro atoms. The summed E-state index contributed by atoms with van der Waals surface area (Å²) in [6.45, 7) is 2.61. The molecule has 0 radical (unpaired) electrons. The van der Waals surface area contributed by atoms with Crippen molar-refractivity contribution in [3.8, 4) is 0 Å². The van der Waals surface area contributed by atoms with Crippen LogP contribution in [0.15, 0.2) is 0 Å². The molecule has 0 aromatic rings. The average Bonchev–Trinajstić information content (AvgIpc) is 2.74. The zero-order chi connectivity index (χ0) is 12.1. The van der Waals surface area contributed by atoms with E-state index in [1.54, 1.807) is 0 Å². The zero-order valence-electron chi connectivity index (χ0n) is 9.97. The number of rotatable bonds is 7. The predicted octanol–water partition coefficient (Wildman–Crippen LogP) is 2.66. The first kappa shape index (κ1) is 14.5. The van der Waals surface area contributed by atoms with Crippen molar-refractivity contribution in [2.24, 2.45) is 5.41 Å². The van der Waals surface area contributed by atoms with E-state index in [0.29, 0.717) is 6.54 Å². The van der Waals surface area contributed by atoms with Gasteiger partial charge < -0.3 is 0 Å². The number of unbranched alkanes of at least 4 members (excludes halogenated alkanes) is 1. The molecule has 1 rings (SSSR count). The highest BCUT2D eigenvalue weighted by molar-refractivity contribution is 9.09. The Balaban J connectivity index is 2.43. The molecule has 5 heteroatoms. The molecule has 0 heterocycles. The molecule has 16 heavy (non-hydrogen) atoms.